The van der Waals surface area contributed by atoms with Crippen molar-refractivity contribution in [3.05, 3.63) is 95.6 Å². The second-order valence-corrected chi connectivity index (χ2v) is 5.91. The van der Waals surface area contributed by atoms with Gasteiger partial charge in [-0.15, -0.1) is 0 Å². The minimum atomic E-state index is -0.435. The third-order valence-corrected chi connectivity index (χ3v) is 3.93. The largest absolute Gasteiger partial charge is 0.348 e. The first-order valence-corrected chi connectivity index (χ1v) is 8.43. The maximum Gasteiger partial charge on any atom is 0.253 e. The highest BCUT2D eigenvalue weighted by Crippen LogP contribution is 2.16. The van der Waals surface area contributed by atoms with Crippen LogP contribution in [0.25, 0.3) is 0 Å². The normalized spacial score (nSPS) is 10.3. The molecular weight excluding hydrogens is 345 g/mol. The summed E-state index contributed by atoms with van der Waals surface area (Å²) in [5.41, 5.74) is 1.88. The van der Waals surface area contributed by atoms with Gasteiger partial charge < -0.3 is 10.6 Å². The second-order valence-electron chi connectivity index (χ2n) is 5.91. The van der Waals surface area contributed by atoms with Crippen LogP contribution in [0.2, 0.25) is 0 Å². The van der Waals surface area contributed by atoms with E-state index < -0.39 is 11.7 Å². The molecule has 2 aromatic carbocycles. The Morgan fingerprint density at radius 2 is 1.74 bits per heavy atom. The highest BCUT2D eigenvalue weighted by Gasteiger charge is 2.14. The summed E-state index contributed by atoms with van der Waals surface area (Å²) in [6.45, 7) is 0.324. The smallest absolute Gasteiger partial charge is 0.253 e. The minimum absolute atomic E-state index is 0.113. The van der Waals surface area contributed by atoms with E-state index in [1.54, 1.807) is 60.9 Å². The summed E-state index contributed by atoms with van der Waals surface area (Å²) in [6.07, 6.45) is 3.21. The molecule has 27 heavy (non-hydrogen) atoms. The van der Waals surface area contributed by atoms with Gasteiger partial charge in [-0.3, -0.25) is 14.6 Å². The first-order chi connectivity index (χ1) is 13.1. The molecule has 0 bridgehead atoms. The molecule has 2 amide bonds. The van der Waals surface area contributed by atoms with Crippen molar-refractivity contribution in [2.24, 2.45) is 0 Å². The van der Waals surface area contributed by atoms with Gasteiger partial charge in [0, 0.05) is 18.9 Å². The Labute approximate surface area is 156 Å². The summed E-state index contributed by atoms with van der Waals surface area (Å²) in [6, 6.07) is 16.4. The standard InChI is InChI=1S/C21H18FN3O2/c22-18-9-3-1-7-16(18)12-20(26)25-19-10-4-2-8-17(19)21(27)24-14-15-6-5-11-23-13-15/h1-11,13H,12,14H2,(H,24,27)(H,25,26). The lowest BCUT2D eigenvalue weighted by atomic mass is 10.1. The van der Waals surface area contributed by atoms with Gasteiger partial charge in [-0.2, -0.15) is 0 Å². The van der Waals surface area contributed by atoms with Crippen molar-refractivity contribution in [3.63, 3.8) is 0 Å². The Bertz CT molecular complexity index is 945. The molecule has 0 spiro atoms. The molecule has 0 fully saturated rings. The average Bonchev–Trinajstić information content (AvgIpc) is 2.69. The van der Waals surface area contributed by atoms with Crippen LogP contribution < -0.4 is 10.6 Å². The summed E-state index contributed by atoms with van der Waals surface area (Å²) < 4.78 is 13.7. The number of aromatic nitrogens is 1. The molecule has 2 N–H and O–H groups in total. The number of anilines is 1. The monoisotopic (exact) mass is 363 g/mol. The fourth-order valence-corrected chi connectivity index (χ4v) is 2.58. The molecule has 3 aromatic rings. The van der Waals surface area contributed by atoms with Gasteiger partial charge in [0.05, 0.1) is 17.7 Å². The number of para-hydroxylation sites is 1. The van der Waals surface area contributed by atoms with Crippen LogP contribution in [0, 0.1) is 5.82 Å². The number of rotatable bonds is 6. The van der Waals surface area contributed by atoms with Gasteiger partial charge in [-0.05, 0) is 35.4 Å². The summed E-state index contributed by atoms with van der Waals surface area (Å²) in [5, 5.41) is 5.48. The van der Waals surface area contributed by atoms with Crippen LogP contribution in [0.15, 0.2) is 73.1 Å². The maximum absolute atomic E-state index is 13.7. The fourth-order valence-electron chi connectivity index (χ4n) is 2.58. The van der Waals surface area contributed by atoms with Gasteiger partial charge in [-0.1, -0.05) is 36.4 Å². The molecule has 0 radical (unpaired) electrons. The molecule has 136 valence electrons. The lowest BCUT2D eigenvalue weighted by Gasteiger charge is -2.12. The zero-order chi connectivity index (χ0) is 19.1. The number of amides is 2. The van der Waals surface area contributed by atoms with Gasteiger partial charge in [0.25, 0.3) is 5.91 Å². The summed E-state index contributed by atoms with van der Waals surface area (Å²) in [7, 11) is 0. The van der Waals surface area contributed by atoms with E-state index in [0.29, 0.717) is 23.4 Å². The number of hydrogen-bond acceptors (Lipinski definition) is 3. The molecule has 1 heterocycles. The predicted octanol–water partition coefficient (Wildman–Crippen LogP) is 3.33. The van der Waals surface area contributed by atoms with Crippen molar-refractivity contribution in [2.45, 2.75) is 13.0 Å². The molecule has 0 unspecified atom stereocenters. The van der Waals surface area contributed by atoms with E-state index in [9.17, 15) is 14.0 Å². The Morgan fingerprint density at radius 3 is 2.52 bits per heavy atom. The molecule has 0 aliphatic rings. The lowest BCUT2D eigenvalue weighted by Crippen LogP contribution is -2.25. The molecule has 0 aliphatic heterocycles. The minimum Gasteiger partial charge on any atom is -0.348 e. The third-order valence-electron chi connectivity index (χ3n) is 3.93. The Balaban J connectivity index is 1.67. The number of benzene rings is 2. The van der Waals surface area contributed by atoms with Crippen molar-refractivity contribution in [3.8, 4) is 0 Å². The van der Waals surface area contributed by atoms with Crippen LogP contribution in [0.5, 0.6) is 0 Å². The van der Waals surface area contributed by atoms with Crippen LogP contribution in [-0.4, -0.2) is 16.8 Å². The van der Waals surface area contributed by atoms with Gasteiger partial charge >= 0.3 is 0 Å². The summed E-state index contributed by atoms with van der Waals surface area (Å²) in [4.78, 5) is 28.8. The van der Waals surface area contributed by atoms with Gasteiger partial charge in [0.15, 0.2) is 0 Å². The molecule has 0 saturated carbocycles. The van der Waals surface area contributed by atoms with Crippen molar-refractivity contribution >= 4 is 17.5 Å². The Hall–Kier alpha value is -3.54. The SMILES string of the molecule is O=C(Cc1ccccc1F)Nc1ccccc1C(=O)NCc1cccnc1. The zero-order valence-electron chi connectivity index (χ0n) is 14.5. The molecule has 0 saturated heterocycles. The van der Waals surface area contributed by atoms with E-state index in [0.717, 1.165) is 5.56 Å². The number of nitrogens with zero attached hydrogens (tertiary/aromatic N) is 1. The Kier molecular flexibility index (Phi) is 5.89. The van der Waals surface area contributed by atoms with E-state index in [1.165, 1.54) is 6.07 Å². The van der Waals surface area contributed by atoms with Gasteiger partial charge in [0.2, 0.25) is 5.91 Å². The second kappa shape index (κ2) is 8.71. The number of pyridine rings is 1. The third kappa shape index (κ3) is 4.98. The first kappa shape index (κ1) is 18.3. The van der Waals surface area contributed by atoms with Crippen LogP contribution in [-0.2, 0) is 17.8 Å². The van der Waals surface area contributed by atoms with E-state index in [4.69, 9.17) is 0 Å². The number of halogens is 1. The summed E-state index contributed by atoms with van der Waals surface area (Å²) in [5.74, 6) is -1.15. The molecule has 6 heteroatoms. The maximum atomic E-state index is 13.7. The summed E-state index contributed by atoms with van der Waals surface area (Å²) >= 11 is 0. The molecule has 5 nitrogen and oxygen atoms in total. The zero-order valence-corrected chi connectivity index (χ0v) is 14.5. The topological polar surface area (TPSA) is 71.1 Å². The quantitative estimate of drug-likeness (QED) is 0.706. The highest BCUT2D eigenvalue weighted by atomic mass is 19.1. The van der Waals surface area contributed by atoms with Crippen LogP contribution in [0.3, 0.4) is 0 Å². The molecule has 0 aliphatic carbocycles. The van der Waals surface area contributed by atoms with Gasteiger partial charge in [0.1, 0.15) is 5.82 Å². The van der Waals surface area contributed by atoms with Crippen molar-refractivity contribution in [2.75, 3.05) is 5.32 Å². The molecular formula is C21H18FN3O2. The molecule has 0 atom stereocenters. The van der Waals surface area contributed by atoms with Crippen LogP contribution in [0.1, 0.15) is 21.5 Å². The van der Waals surface area contributed by atoms with Crippen molar-refractivity contribution in [1.29, 1.82) is 0 Å². The molecule has 1 aromatic heterocycles. The van der Waals surface area contributed by atoms with E-state index in [1.807, 2.05) is 6.07 Å². The van der Waals surface area contributed by atoms with Crippen molar-refractivity contribution in [1.82, 2.24) is 10.3 Å². The number of hydrogen-bond donors (Lipinski definition) is 2. The molecule has 3 rings (SSSR count). The number of nitrogens with one attached hydrogen (secondary N) is 2. The van der Waals surface area contributed by atoms with Crippen LogP contribution >= 0.6 is 0 Å². The predicted molar refractivity (Wildman–Crippen MR) is 101 cm³/mol. The lowest BCUT2D eigenvalue weighted by molar-refractivity contribution is -0.115. The highest BCUT2D eigenvalue weighted by molar-refractivity contribution is 6.04. The number of carbonyl (C=O) groups excluding carboxylic acids is 2. The van der Waals surface area contributed by atoms with Crippen molar-refractivity contribution < 1.29 is 14.0 Å². The van der Waals surface area contributed by atoms with E-state index in [2.05, 4.69) is 15.6 Å². The fraction of sp³-hybridized carbons (Fsp3) is 0.0952. The Morgan fingerprint density at radius 1 is 0.963 bits per heavy atom. The first-order valence-electron chi connectivity index (χ1n) is 8.43. The van der Waals surface area contributed by atoms with Crippen LogP contribution in [0.4, 0.5) is 10.1 Å². The van der Waals surface area contributed by atoms with E-state index in [-0.39, 0.29) is 12.3 Å². The van der Waals surface area contributed by atoms with E-state index >= 15 is 0 Å². The number of carbonyl (C=O) groups is 2. The average molecular weight is 363 g/mol. The van der Waals surface area contributed by atoms with Gasteiger partial charge in [-0.25, -0.2) is 4.39 Å².